The van der Waals surface area contributed by atoms with Gasteiger partial charge >= 0.3 is 6.72 Å². The van der Waals surface area contributed by atoms with E-state index in [0.717, 1.165) is 0 Å². The first-order chi connectivity index (χ1) is 12.2. The van der Waals surface area contributed by atoms with Crippen LogP contribution >= 0.6 is 6.72 Å². The molecule has 2 aromatic rings. The van der Waals surface area contributed by atoms with Crippen LogP contribution in [0.25, 0.3) is 11.2 Å². The molecule has 1 saturated heterocycles. The van der Waals surface area contributed by atoms with Crippen LogP contribution < -0.4 is 11.1 Å². The van der Waals surface area contributed by atoms with Crippen molar-refractivity contribution in [1.82, 2.24) is 24.8 Å². The molecule has 0 bridgehead atoms. The average Bonchev–Trinajstić information content (AvgIpc) is 3.08. The number of imidazole rings is 1. The Morgan fingerprint density at radius 1 is 1.42 bits per heavy atom. The van der Waals surface area contributed by atoms with Gasteiger partial charge in [-0.1, -0.05) is 13.8 Å². The van der Waals surface area contributed by atoms with Gasteiger partial charge in [0.2, 0.25) is 0 Å². The van der Waals surface area contributed by atoms with Gasteiger partial charge < -0.3 is 35.2 Å². The van der Waals surface area contributed by atoms with E-state index in [4.69, 9.17) is 15.0 Å². The number of nitrogens with one attached hydrogen (secondary N) is 1. The second kappa shape index (κ2) is 7.41. The van der Waals surface area contributed by atoms with Crippen molar-refractivity contribution in [2.45, 2.75) is 44.4 Å². The zero-order valence-electron chi connectivity index (χ0n) is 14.1. The molecule has 0 amide bonds. The van der Waals surface area contributed by atoms with Crippen molar-refractivity contribution < 1.29 is 24.2 Å². The summed E-state index contributed by atoms with van der Waals surface area (Å²) in [6.45, 7) is -0.251. The summed E-state index contributed by atoms with van der Waals surface area (Å²) in [5, 5.41) is 13.9. The van der Waals surface area contributed by atoms with Crippen LogP contribution in [0.5, 0.6) is 0 Å². The number of aliphatic hydroxyl groups is 1. The molecule has 4 atom stereocenters. The van der Waals surface area contributed by atoms with E-state index in [0.29, 0.717) is 11.2 Å². The number of anilines is 1. The molecule has 1 aliphatic rings. The third kappa shape index (κ3) is 4.02. The Hall–Kier alpha value is -1.24. The predicted octanol–water partition coefficient (Wildman–Crippen LogP) is -0.741. The molecule has 13 heteroatoms. The third-order valence-electron chi connectivity index (χ3n) is 3.96. The van der Waals surface area contributed by atoms with E-state index < -0.39 is 31.2 Å². The number of nitrogen functional groups attached to an aromatic ring is 1. The molecule has 0 spiro atoms. The molecule has 0 unspecified atom stereocenters. The topological polar surface area (TPSA) is 161 Å². The fourth-order valence-corrected chi connectivity index (χ4v) is 3.44. The van der Waals surface area contributed by atoms with Gasteiger partial charge in [0.25, 0.3) is 0 Å². The summed E-state index contributed by atoms with van der Waals surface area (Å²) in [7, 11) is 0. The lowest BCUT2D eigenvalue weighted by atomic mass is 10.1. The third-order valence-corrected chi connectivity index (χ3v) is 4.77. The van der Waals surface area contributed by atoms with Gasteiger partial charge in [0.15, 0.2) is 17.7 Å². The smallest absolute Gasteiger partial charge is 0.321 e. The zero-order chi connectivity index (χ0) is 19.1. The largest absolute Gasteiger partial charge is 0.389 e. The molecule has 3 heterocycles. The average molecular weight is 404 g/mol. The first-order valence-corrected chi connectivity index (χ1v) is 10.5. The highest BCUT2D eigenvalue weighted by Crippen LogP contribution is 2.39. The Bertz CT molecular complexity index is 828. The summed E-state index contributed by atoms with van der Waals surface area (Å²) in [6, 6.07) is -0.469. The first-order valence-electron chi connectivity index (χ1n) is 7.90. The Labute approximate surface area is 154 Å². The second-order valence-electron chi connectivity index (χ2n) is 6.27. The second-order valence-corrected chi connectivity index (χ2v) is 8.94. The Morgan fingerprint density at radius 3 is 2.81 bits per heavy atom. The van der Waals surface area contributed by atoms with Gasteiger partial charge in [0.05, 0.1) is 19.0 Å². The number of hydrogen-bond donors (Lipinski definition) is 5. The van der Waals surface area contributed by atoms with Crippen molar-refractivity contribution in [3.8, 4) is 0 Å². The minimum Gasteiger partial charge on any atom is -0.389 e. The van der Waals surface area contributed by atoms with E-state index in [1.54, 1.807) is 4.57 Å². The molecule has 144 valence electrons. The lowest BCUT2D eigenvalue weighted by Crippen LogP contribution is -2.46. The first kappa shape index (κ1) is 19.5. The number of aromatic nitrogens is 4. The summed E-state index contributed by atoms with van der Waals surface area (Å²) in [5.41, 5.74) is 6.70. The standard InChI is InChI=1S/C13H21N6O5PS/c1-6(2)18-8-10(20)7(3-23-25(21,22)26)24-13(8)19-5-17-9-11(14)15-4-16-12(9)19/h4-8,10,13,18,20H,3H2,1-2H3,(H2,14,15,16)(H2,21,22,26)/t7-,8-,10-,13-/m1/s1. The van der Waals surface area contributed by atoms with Crippen molar-refractivity contribution in [3.05, 3.63) is 12.7 Å². The van der Waals surface area contributed by atoms with Crippen LogP contribution in [-0.4, -0.2) is 65.3 Å². The zero-order valence-corrected chi connectivity index (χ0v) is 15.8. The summed E-state index contributed by atoms with van der Waals surface area (Å²) in [6.07, 6.45) is 0.347. The number of fused-ring (bicyclic) bond motifs is 1. The quantitative estimate of drug-likeness (QED) is 0.386. The lowest BCUT2D eigenvalue weighted by Gasteiger charge is -2.24. The van der Waals surface area contributed by atoms with Gasteiger partial charge in [-0.05, 0) is 11.8 Å². The van der Waals surface area contributed by atoms with E-state index in [9.17, 15) is 14.9 Å². The number of rotatable bonds is 6. The summed E-state index contributed by atoms with van der Waals surface area (Å²) < 4.78 is 12.4. The van der Waals surface area contributed by atoms with Crippen LogP contribution in [0.2, 0.25) is 0 Å². The molecule has 1 aliphatic heterocycles. The molecule has 6 N–H and O–H groups in total. The van der Waals surface area contributed by atoms with Crippen LogP contribution in [0, 0.1) is 0 Å². The monoisotopic (exact) mass is 404 g/mol. The highest BCUT2D eigenvalue weighted by atomic mass is 32.5. The Kier molecular flexibility index (Phi) is 5.56. The summed E-state index contributed by atoms with van der Waals surface area (Å²) in [5.74, 6) is 0.238. The molecule has 11 nitrogen and oxygen atoms in total. The maximum absolute atomic E-state index is 10.6. The molecule has 1 fully saturated rings. The maximum atomic E-state index is 10.6. The molecule has 0 saturated carbocycles. The van der Waals surface area contributed by atoms with Crippen molar-refractivity contribution in [3.63, 3.8) is 0 Å². The number of hydrogen-bond acceptors (Lipinski definition) is 9. The minimum absolute atomic E-state index is 0.0520. The minimum atomic E-state index is -3.85. The van der Waals surface area contributed by atoms with Crippen LogP contribution in [0.1, 0.15) is 20.1 Å². The highest BCUT2D eigenvalue weighted by Gasteiger charge is 2.45. The van der Waals surface area contributed by atoms with E-state index in [1.165, 1.54) is 12.7 Å². The normalized spacial score (nSPS) is 26.8. The molecule has 3 rings (SSSR count). The van der Waals surface area contributed by atoms with E-state index in [1.807, 2.05) is 13.8 Å². The fraction of sp³-hybridized carbons (Fsp3) is 0.615. The van der Waals surface area contributed by atoms with Gasteiger partial charge in [-0.15, -0.1) is 0 Å². The molecule has 0 radical (unpaired) electrons. The molecular weight excluding hydrogens is 383 g/mol. The molecule has 0 aliphatic carbocycles. The lowest BCUT2D eigenvalue weighted by molar-refractivity contribution is -0.0410. The Balaban J connectivity index is 1.92. The number of aliphatic hydroxyl groups excluding tert-OH is 1. The van der Waals surface area contributed by atoms with Crippen LogP contribution in [0.15, 0.2) is 12.7 Å². The van der Waals surface area contributed by atoms with Crippen molar-refractivity contribution in [2.75, 3.05) is 12.3 Å². The van der Waals surface area contributed by atoms with Gasteiger partial charge in [0.1, 0.15) is 24.1 Å². The van der Waals surface area contributed by atoms with Gasteiger partial charge in [-0.25, -0.2) is 15.0 Å². The van der Waals surface area contributed by atoms with Crippen molar-refractivity contribution >= 4 is 35.5 Å². The van der Waals surface area contributed by atoms with E-state index in [-0.39, 0.29) is 18.5 Å². The number of ether oxygens (including phenoxy) is 1. The number of nitrogens with zero attached hydrogens (tertiary/aromatic N) is 4. The summed E-state index contributed by atoms with van der Waals surface area (Å²) in [4.78, 5) is 30.8. The fourth-order valence-electron chi connectivity index (χ4n) is 2.91. The molecule has 0 aromatic carbocycles. The highest BCUT2D eigenvalue weighted by molar-refractivity contribution is 8.06. The van der Waals surface area contributed by atoms with Gasteiger partial charge in [-0.2, -0.15) is 0 Å². The molecular formula is C13H21N6O5PS. The Morgan fingerprint density at radius 2 is 2.15 bits per heavy atom. The van der Waals surface area contributed by atoms with Crippen molar-refractivity contribution in [2.24, 2.45) is 0 Å². The van der Waals surface area contributed by atoms with Crippen LogP contribution in [0.4, 0.5) is 5.82 Å². The van der Waals surface area contributed by atoms with Gasteiger partial charge in [-0.3, -0.25) is 4.57 Å². The molecule has 2 aromatic heterocycles. The SMILES string of the molecule is CC(C)N[C@@H]1[C@H](O)[C@@H](COP(O)(O)=S)O[C@H]1n1cnc2c(N)ncnc21. The number of nitrogens with two attached hydrogens (primary N) is 1. The van der Waals surface area contributed by atoms with Crippen molar-refractivity contribution in [1.29, 1.82) is 0 Å². The van der Waals surface area contributed by atoms with E-state index in [2.05, 4.69) is 32.1 Å². The van der Waals surface area contributed by atoms with E-state index >= 15 is 0 Å². The maximum Gasteiger partial charge on any atom is 0.321 e. The molecule has 26 heavy (non-hydrogen) atoms. The van der Waals surface area contributed by atoms with Gasteiger partial charge in [0, 0.05) is 6.04 Å². The van der Waals surface area contributed by atoms with Crippen LogP contribution in [-0.2, 0) is 21.1 Å². The van der Waals surface area contributed by atoms with Crippen LogP contribution in [0.3, 0.4) is 0 Å². The predicted molar refractivity (Wildman–Crippen MR) is 96.4 cm³/mol. The summed E-state index contributed by atoms with van der Waals surface area (Å²) >= 11 is 4.45.